The monoisotopic (exact) mass is 637 g/mol. The molecule has 2 aromatic heterocycles. The molecule has 3 heterocycles. The number of anilines is 1. The second-order valence-corrected chi connectivity index (χ2v) is 8.75. The molecule has 10 nitrogen and oxygen atoms in total. The Bertz CT molecular complexity index is 1380. The van der Waals surface area contributed by atoms with Crippen molar-refractivity contribution in [3.8, 4) is 22.6 Å². The summed E-state index contributed by atoms with van der Waals surface area (Å²) in [6.07, 6.45) is 6.51. The van der Waals surface area contributed by atoms with Crippen LogP contribution < -0.4 is 21.9 Å². The maximum absolute atomic E-state index is 9.25. The molecule has 1 fully saturated rings. The van der Waals surface area contributed by atoms with Gasteiger partial charge in [0.05, 0.1) is 35.2 Å². The molecule has 1 saturated heterocycles. The first-order valence-corrected chi connectivity index (χ1v) is 12.8. The zero-order chi connectivity index (χ0) is 28.0. The van der Waals surface area contributed by atoms with E-state index in [0.29, 0.717) is 30.3 Å². The largest absolute Gasteiger partial charge is 0.659 e. The Labute approximate surface area is 265 Å². The first-order chi connectivity index (χ1) is 18.9. The summed E-state index contributed by atoms with van der Waals surface area (Å²) < 4.78 is 10.1. The topological polar surface area (TPSA) is 170 Å². The smallest absolute Gasteiger partial charge is 0.160 e. The first kappa shape index (κ1) is 33.4. The number of phenols is 1. The fourth-order valence-corrected chi connectivity index (χ4v) is 3.67. The van der Waals surface area contributed by atoms with Gasteiger partial charge in [-0.1, -0.05) is 6.07 Å². The molecule has 5 rings (SSSR count). The number of thiol groups is 1. The Balaban J connectivity index is 0.000000258. The van der Waals surface area contributed by atoms with Crippen LogP contribution in [0.25, 0.3) is 33.1 Å². The molecule has 1 aliphatic heterocycles. The van der Waals surface area contributed by atoms with Gasteiger partial charge in [-0.15, -0.1) is 25.7 Å². The van der Waals surface area contributed by atoms with Crippen LogP contribution in [0.2, 0.25) is 0 Å². The summed E-state index contributed by atoms with van der Waals surface area (Å²) in [6, 6.07) is 12.7. The molecule has 209 valence electrons. The standard InChI is InChI=1S/C16H16N6.C8H10O2S.C4H8NO.Y/c17-5-12(6-18)16-9-21-14-2-1-10(4-15(14)22-16)11-3-13(19)8-20-7-11;1-2-10-8-4-3-6(11)5-7(8)9;1-3-6-4-2-5-1;/h1-5,7-9H,6,17-19H2;3-5,9,11H,2H2,1H3;1-4H2;/q;;-1;/b12-5+;;;. The Morgan fingerprint density at radius 1 is 1.07 bits per heavy atom. The number of hydrogen-bond acceptors (Lipinski definition) is 10. The van der Waals surface area contributed by atoms with Crippen LogP contribution >= 0.6 is 12.6 Å². The van der Waals surface area contributed by atoms with Gasteiger partial charge in [0.15, 0.2) is 11.5 Å². The number of rotatable bonds is 5. The third kappa shape index (κ3) is 10.3. The van der Waals surface area contributed by atoms with Crippen LogP contribution in [0, 0.1) is 0 Å². The van der Waals surface area contributed by atoms with Crippen LogP contribution in [0.5, 0.6) is 11.5 Å². The van der Waals surface area contributed by atoms with Gasteiger partial charge in [-0.05, 0) is 48.9 Å². The second-order valence-electron chi connectivity index (χ2n) is 8.23. The zero-order valence-corrected chi connectivity index (χ0v) is 26.1. The quantitative estimate of drug-likeness (QED) is 0.203. The molecule has 4 aromatic rings. The number of fused-ring (bicyclic) bond motifs is 1. The summed E-state index contributed by atoms with van der Waals surface area (Å²) in [5, 5.41) is 13.3. The molecule has 7 N–H and O–H groups in total. The Morgan fingerprint density at radius 2 is 1.85 bits per heavy atom. The summed E-state index contributed by atoms with van der Waals surface area (Å²) in [7, 11) is 0. The van der Waals surface area contributed by atoms with Gasteiger partial charge < -0.3 is 37.1 Å². The number of aromatic nitrogens is 3. The van der Waals surface area contributed by atoms with E-state index in [4.69, 9.17) is 26.7 Å². The molecule has 12 heteroatoms. The van der Waals surface area contributed by atoms with Crippen molar-refractivity contribution in [2.24, 2.45) is 11.5 Å². The number of hydrogen-bond donors (Lipinski definition) is 5. The minimum atomic E-state index is 0. The normalized spacial score (nSPS) is 12.7. The van der Waals surface area contributed by atoms with E-state index in [1.807, 2.05) is 31.2 Å². The molecule has 0 amide bonds. The third-order valence-electron chi connectivity index (χ3n) is 5.41. The maximum Gasteiger partial charge on any atom is 0.160 e. The molecular formula is C28H34N7O3SY-. The van der Waals surface area contributed by atoms with Gasteiger partial charge in [0.2, 0.25) is 0 Å². The minimum absolute atomic E-state index is 0. The molecule has 1 aliphatic rings. The average Bonchev–Trinajstić information content (AvgIpc) is 2.96. The number of nitrogens with zero attached hydrogens (tertiary/aromatic N) is 4. The van der Waals surface area contributed by atoms with Gasteiger partial charge >= 0.3 is 0 Å². The first-order valence-electron chi connectivity index (χ1n) is 12.4. The van der Waals surface area contributed by atoms with Crippen LogP contribution in [0.1, 0.15) is 12.6 Å². The molecular weight excluding hydrogens is 603 g/mol. The summed E-state index contributed by atoms with van der Waals surface area (Å²) in [5.41, 5.74) is 22.5. The minimum Gasteiger partial charge on any atom is -0.659 e. The van der Waals surface area contributed by atoms with E-state index in [-0.39, 0.29) is 38.5 Å². The van der Waals surface area contributed by atoms with Gasteiger partial charge in [-0.25, -0.2) is 4.98 Å². The maximum atomic E-state index is 9.25. The van der Waals surface area contributed by atoms with Crippen LogP contribution in [0.15, 0.2) is 72.2 Å². The number of benzene rings is 2. The molecule has 0 spiro atoms. The SMILES string of the molecule is C1COCC[N-]1.CCOc1ccc(S)cc1O.N/C=C(\CN)c1cnc2ccc(-c3cncc(N)c3)cc2n1.[Y]. The Kier molecular flexibility index (Phi) is 14.9. The van der Waals surface area contributed by atoms with Crippen LogP contribution in [-0.4, -0.2) is 59.5 Å². The van der Waals surface area contributed by atoms with Crippen molar-refractivity contribution >= 4 is 34.9 Å². The number of nitrogen functional groups attached to an aromatic ring is 1. The Morgan fingerprint density at radius 3 is 2.42 bits per heavy atom. The van der Waals surface area contributed by atoms with E-state index in [0.717, 1.165) is 58.9 Å². The average molecular weight is 638 g/mol. The number of morpholine rings is 1. The summed E-state index contributed by atoms with van der Waals surface area (Å²) in [5.74, 6) is 0.643. The number of nitrogens with two attached hydrogens (primary N) is 3. The molecule has 0 bridgehead atoms. The van der Waals surface area contributed by atoms with E-state index in [2.05, 4.69) is 32.9 Å². The van der Waals surface area contributed by atoms with E-state index in [1.165, 1.54) is 6.20 Å². The van der Waals surface area contributed by atoms with Crippen molar-refractivity contribution in [1.82, 2.24) is 15.0 Å². The number of ether oxygens (including phenoxy) is 2. The van der Waals surface area contributed by atoms with Crippen LogP contribution in [-0.2, 0) is 37.4 Å². The van der Waals surface area contributed by atoms with E-state index < -0.39 is 0 Å². The molecule has 0 aliphatic carbocycles. The second kappa shape index (κ2) is 17.8. The fourth-order valence-electron chi connectivity index (χ4n) is 3.47. The number of aromatic hydroxyl groups is 1. The predicted octanol–water partition coefficient (Wildman–Crippen LogP) is 4.00. The number of phenolic OH excluding ortho intramolecular Hbond substituents is 1. The zero-order valence-electron chi connectivity index (χ0n) is 22.4. The van der Waals surface area contributed by atoms with E-state index in [9.17, 15) is 5.11 Å². The summed E-state index contributed by atoms with van der Waals surface area (Å²) in [6.45, 7) is 6.21. The van der Waals surface area contributed by atoms with Crippen molar-refractivity contribution in [3.05, 3.63) is 78.3 Å². The van der Waals surface area contributed by atoms with Gasteiger partial charge in [0, 0.05) is 87.1 Å². The van der Waals surface area contributed by atoms with Crippen LogP contribution in [0.3, 0.4) is 0 Å². The van der Waals surface area contributed by atoms with Crippen molar-refractivity contribution < 1.29 is 47.3 Å². The van der Waals surface area contributed by atoms with Crippen molar-refractivity contribution in [2.45, 2.75) is 11.8 Å². The molecule has 2 aromatic carbocycles. The van der Waals surface area contributed by atoms with Gasteiger partial charge in [0.25, 0.3) is 0 Å². The number of pyridine rings is 1. The van der Waals surface area contributed by atoms with Crippen molar-refractivity contribution in [2.75, 3.05) is 45.2 Å². The molecule has 40 heavy (non-hydrogen) atoms. The molecule has 0 unspecified atom stereocenters. The van der Waals surface area contributed by atoms with E-state index >= 15 is 0 Å². The molecule has 0 saturated carbocycles. The predicted molar refractivity (Wildman–Crippen MR) is 159 cm³/mol. The molecule has 1 radical (unpaired) electrons. The fraction of sp³-hybridized carbons (Fsp3) is 0.250. The van der Waals surface area contributed by atoms with Crippen molar-refractivity contribution in [3.63, 3.8) is 0 Å². The Hall–Kier alpha value is -2.80. The van der Waals surface area contributed by atoms with Crippen LogP contribution in [0.4, 0.5) is 5.69 Å². The van der Waals surface area contributed by atoms with Crippen molar-refractivity contribution in [1.29, 1.82) is 0 Å². The van der Waals surface area contributed by atoms with Gasteiger partial charge in [-0.2, -0.15) is 0 Å². The molecule has 0 atom stereocenters. The van der Waals surface area contributed by atoms with Gasteiger partial charge in [-0.3, -0.25) is 9.97 Å². The summed E-state index contributed by atoms with van der Waals surface area (Å²) >= 11 is 4.05. The summed E-state index contributed by atoms with van der Waals surface area (Å²) in [4.78, 5) is 13.8. The van der Waals surface area contributed by atoms with E-state index in [1.54, 1.807) is 36.8 Å². The van der Waals surface area contributed by atoms with Gasteiger partial charge in [0.1, 0.15) is 0 Å². The third-order valence-corrected chi connectivity index (χ3v) is 5.69.